The van der Waals surface area contributed by atoms with Gasteiger partial charge in [-0.3, -0.25) is 0 Å². The molecule has 0 saturated carbocycles. The summed E-state index contributed by atoms with van der Waals surface area (Å²) in [6, 6.07) is 0. The maximum absolute atomic E-state index is 5.35. The molecule has 0 aromatic rings. The molecule has 0 aliphatic carbocycles. The Morgan fingerprint density at radius 1 is 1.60 bits per heavy atom. The maximum atomic E-state index is 5.35. The molecule has 32 valence electrons. The Morgan fingerprint density at radius 3 is 1.60 bits per heavy atom. The van der Waals surface area contributed by atoms with E-state index < -0.39 is 0.699 Å². The molecule has 0 aliphatic rings. The molecule has 0 aliphatic heterocycles. The van der Waals surface area contributed by atoms with Crippen LogP contribution in [-0.2, 0) is 0 Å². The molecular weight excluding hydrogens is 334 g/mol. The van der Waals surface area contributed by atoms with Crippen LogP contribution in [0.3, 0.4) is 0 Å². The Morgan fingerprint density at radius 2 is 1.60 bits per heavy atom. The summed E-state index contributed by atoms with van der Waals surface area (Å²) in [5.74, 6) is 0. The van der Waals surface area contributed by atoms with Gasteiger partial charge in [-0.25, -0.2) is 0 Å². The summed E-state index contributed by atoms with van der Waals surface area (Å²) in [4.78, 5) is 0. The minimum absolute atomic E-state index is 0.433. The van der Waals surface area contributed by atoms with Gasteiger partial charge >= 0.3 is 0 Å². The second-order valence-corrected chi connectivity index (χ2v) is 10.6. The van der Waals surface area contributed by atoms with E-state index in [4.69, 9.17) is 11.6 Å². The van der Waals surface area contributed by atoms with E-state index in [-0.39, 0.29) is 0 Å². The van der Waals surface area contributed by atoms with Crippen LogP contribution in [0.2, 0.25) is 0 Å². The van der Waals surface area contributed by atoms with Gasteiger partial charge in [-0.1, -0.05) is 11.6 Å². The van der Waals surface area contributed by atoms with E-state index in [1.54, 1.807) is 0 Å². The van der Waals surface area contributed by atoms with E-state index in [1.807, 2.05) is 22.6 Å². The van der Waals surface area contributed by atoms with Crippen LogP contribution < -0.4 is 0 Å². The van der Waals surface area contributed by atoms with E-state index in [2.05, 4.69) is 31.9 Å². The smallest absolute Gasteiger partial charge is 0.0821 e. The summed E-state index contributed by atoms with van der Waals surface area (Å²) in [7, 11) is 0. The largest absolute Gasteiger partial charge is 0.203 e. The highest BCUT2D eigenvalue weighted by atomic mass is 127. The van der Waals surface area contributed by atoms with Crippen molar-refractivity contribution in [2.24, 2.45) is 0 Å². The van der Waals surface area contributed by atoms with Gasteiger partial charge in [-0.2, -0.15) is 0 Å². The maximum Gasteiger partial charge on any atom is 0.203 e. The molecule has 0 aromatic carbocycles. The lowest BCUT2D eigenvalue weighted by Gasteiger charge is -1.93. The first kappa shape index (κ1) is 6.98. The fourth-order valence-corrected chi connectivity index (χ4v) is 0. The molecule has 4 heteroatoms. The quantitative estimate of drug-likeness (QED) is 0.472. The SMILES string of the molecule is ClC(Br)(Br)I. The van der Waals surface area contributed by atoms with Crippen LogP contribution in [0.1, 0.15) is 0 Å². The molecule has 0 atom stereocenters. The topological polar surface area (TPSA) is 0 Å². The zero-order valence-corrected chi connectivity index (χ0v) is 8.10. The molecule has 0 radical (unpaired) electrons. The van der Waals surface area contributed by atoms with Crippen LogP contribution in [0.25, 0.3) is 0 Å². The van der Waals surface area contributed by atoms with Crippen LogP contribution >= 0.6 is 66.1 Å². The van der Waals surface area contributed by atoms with Crippen molar-refractivity contribution in [3.05, 3.63) is 0 Å². The third-order valence-corrected chi connectivity index (χ3v) is 0. The molecule has 0 rings (SSSR count). The highest BCUT2D eigenvalue weighted by molar-refractivity contribution is 14.1. The molecule has 0 N–H and O–H groups in total. The first-order valence-electron chi connectivity index (χ1n) is 0.756. The van der Waals surface area contributed by atoms with E-state index in [1.165, 1.54) is 0 Å². The minimum atomic E-state index is -0.433. The lowest BCUT2D eigenvalue weighted by molar-refractivity contribution is 2.09. The van der Waals surface area contributed by atoms with Crippen molar-refractivity contribution in [2.45, 2.75) is 0.699 Å². The number of alkyl halides is 4. The fraction of sp³-hybridized carbons (Fsp3) is 1.00. The van der Waals surface area contributed by atoms with E-state index in [0.717, 1.165) is 0 Å². The van der Waals surface area contributed by atoms with Gasteiger partial charge in [0, 0.05) is 0 Å². The molecule has 5 heavy (non-hydrogen) atoms. The fourth-order valence-electron chi connectivity index (χ4n) is 0. The summed E-state index contributed by atoms with van der Waals surface area (Å²) in [6.07, 6.45) is 0. The Balaban J connectivity index is 3.02. The van der Waals surface area contributed by atoms with Gasteiger partial charge in [0.1, 0.15) is 0 Å². The molecule has 0 saturated heterocycles. The predicted octanol–water partition coefficient (Wildman–Crippen LogP) is 3.06. The Kier molecular flexibility index (Phi) is 3.25. The molecule has 0 heterocycles. The molecule has 0 nitrogen and oxygen atoms in total. The molecule has 0 amide bonds. The minimum Gasteiger partial charge on any atom is -0.0821 e. The van der Waals surface area contributed by atoms with E-state index >= 15 is 0 Å². The lowest BCUT2D eigenvalue weighted by atomic mass is 11.9. The average molecular weight is 334 g/mol. The van der Waals surface area contributed by atoms with Crippen molar-refractivity contribution in [1.82, 2.24) is 0 Å². The Bertz CT molecular complexity index is 25.1. The summed E-state index contributed by atoms with van der Waals surface area (Å²) in [5.41, 5.74) is 0. The lowest BCUT2D eigenvalue weighted by Crippen LogP contribution is -1.76. The molecule has 0 fully saturated rings. The number of hydrogen-bond acceptors (Lipinski definition) is 0. The van der Waals surface area contributed by atoms with Gasteiger partial charge in [0.25, 0.3) is 0 Å². The van der Waals surface area contributed by atoms with Crippen molar-refractivity contribution in [3.8, 4) is 0 Å². The van der Waals surface area contributed by atoms with E-state index in [0.29, 0.717) is 0 Å². The van der Waals surface area contributed by atoms with E-state index in [9.17, 15) is 0 Å². The number of rotatable bonds is 0. The van der Waals surface area contributed by atoms with Gasteiger partial charge < -0.3 is 0 Å². The predicted molar refractivity (Wildman–Crippen MR) is 40.5 cm³/mol. The third kappa shape index (κ3) is 24.2. The first-order valence-corrected chi connectivity index (χ1v) is 3.80. The molecule has 0 unspecified atom stereocenters. The van der Waals surface area contributed by atoms with Gasteiger partial charge in [0.2, 0.25) is 0.699 Å². The summed E-state index contributed by atoms with van der Waals surface area (Å²) < 4.78 is -0.433. The average Bonchev–Trinajstić information content (AvgIpc) is 0.722. The second kappa shape index (κ2) is 2.33. The van der Waals surface area contributed by atoms with Crippen LogP contribution in [0.15, 0.2) is 0 Å². The monoisotopic (exact) mass is 332 g/mol. The Hall–Kier alpha value is 1.98. The van der Waals surface area contributed by atoms with Crippen molar-refractivity contribution in [1.29, 1.82) is 0 Å². The third-order valence-electron chi connectivity index (χ3n) is 0. The first-order chi connectivity index (χ1) is 2.00. The van der Waals surface area contributed by atoms with Crippen LogP contribution in [0.4, 0.5) is 0 Å². The zero-order chi connectivity index (χ0) is 4.50. The van der Waals surface area contributed by atoms with Crippen LogP contribution in [-0.4, -0.2) is 0.699 Å². The molecule has 0 spiro atoms. The zero-order valence-electron chi connectivity index (χ0n) is 2.01. The van der Waals surface area contributed by atoms with Crippen molar-refractivity contribution in [2.75, 3.05) is 0 Å². The highest BCUT2D eigenvalue weighted by Gasteiger charge is 2.08. The standard InChI is InChI=1S/CBr2ClI/c2-1(3,4)5. The van der Waals surface area contributed by atoms with Crippen LogP contribution in [0.5, 0.6) is 0 Å². The second-order valence-electron chi connectivity index (χ2n) is 0.429. The summed E-state index contributed by atoms with van der Waals surface area (Å²) in [5, 5.41) is 0. The van der Waals surface area contributed by atoms with Crippen molar-refractivity contribution >= 4 is 66.1 Å². The Labute approximate surface area is 66.0 Å². The van der Waals surface area contributed by atoms with Gasteiger partial charge in [-0.15, -0.1) is 0 Å². The number of hydrogen-bond donors (Lipinski definition) is 0. The van der Waals surface area contributed by atoms with Gasteiger partial charge in [0.05, 0.1) is 0 Å². The van der Waals surface area contributed by atoms with Gasteiger partial charge in [0.15, 0.2) is 0 Å². The van der Waals surface area contributed by atoms with Crippen molar-refractivity contribution < 1.29 is 0 Å². The van der Waals surface area contributed by atoms with Crippen LogP contribution in [0, 0.1) is 0 Å². The number of halogens is 4. The summed E-state index contributed by atoms with van der Waals surface area (Å²) in [6.45, 7) is 0. The molecule has 0 bridgehead atoms. The van der Waals surface area contributed by atoms with Gasteiger partial charge in [-0.05, 0) is 54.5 Å². The highest BCUT2D eigenvalue weighted by Crippen LogP contribution is 2.37. The molecular formula is CBr2ClI. The van der Waals surface area contributed by atoms with Crippen molar-refractivity contribution in [3.63, 3.8) is 0 Å². The molecule has 0 aromatic heterocycles. The normalized spacial score (nSPS) is 12.0. The summed E-state index contributed by atoms with van der Waals surface area (Å²) >= 11 is 13.4.